The van der Waals surface area contributed by atoms with Gasteiger partial charge in [0, 0.05) is 11.6 Å². The summed E-state index contributed by atoms with van der Waals surface area (Å²) in [5, 5.41) is 0. The van der Waals surface area contributed by atoms with Crippen LogP contribution in [0.5, 0.6) is 0 Å². The quantitative estimate of drug-likeness (QED) is 0.786. The van der Waals surface area contributed by atoms with Crippen LogP contribution in [0.2, 0.25) is 0 Å². The topological polar surface area (TPSA) is 28.7 Å². The molecule has 0 aromatic carbocycles. The van der Waals surface area contributed by atoms with Gasteiger partial charge in [0.1, 0.15) is 5.82 Å². The Bertz CT molecular complexity index is 434. The molecule has 1 heterocycles. The van der Waals surface area contributed by atoms with E-state index >= 15 is 0 Å². The third kappa shape index (κ3) is 1.56. The van der Waals surface area contributed by atoms with Gasteiger partial charge in [-0.1, -0.05) is 13.3 Å². The predicted molar refractivity (Wildman–Crippen MR) is 68.0 cm³/mol. The molecular weight excluding hydrogens is 208 g/mol. The highest BCUT2D eigenvalue weighted by molar-refractivity contribution is 5.21. The molecular formula is C15H22N2. The maximum atomic E-state index is 4.93. The average molecular weight is 230 g/mol. The van der Waals surface area contributed by atoms with Crippen molar-refractivity contribution in [3.63, 3.8) is 0 Å². The van der Waals surface area contributed by atoms with Crippen molar-refractivity contribution in [1.82, 2.24) is 9.97 Å². The summed E-state index contributed by atoms with van der Waals surface area (Å²) in [7, 11) is 0. The second kappa shape index (κ2) is 3.60. The molecule has 0 radical (unpaired) electrons. The van der Waals surface area contributed by atoms with Crippen LogP contribution in [0.4, 0.5) is 0 Å². The number of hydrogen-bond donors (Lipinski definition) is 1. The summed E-state index contributed by atoms with van der Waals surface area (Å²) < 4.78 is 0. The third-order valence-electron chi connectivity index (χ3n) is 5.40. The molecule has 2 saturated carbocycles. The minimum Gasteiger partial charge on any atom is -0.345 e. The maximum absolute atomic E-state index is 4.93. The van der Waals surface area contributed by atoms with Gasteiger partial charge >= 0.3 is 0 Å². The van der Waals surface area contributed by atoms with E-state index in [-0.39, 0.29) is 0 Å². The largest absolute Gasteiger partial charge is 0.345 e. The fourth-order valence-electron chi connectivity index (χ4n) is 4.43. The van der Waals surface area contributed by atoms with Gasteiger partial charge in [-0.05, 0) is 56.3 Å². The highest BCUT2D eigenvalue weighted by atomic mass is 15.0. The van der Waals surface area contributed by atoms with Crippen molar-refractivity contribution < 1.29 is 0 Å². The van der Waals surface area contributed by atoms with Crippen LogP contribution < -0.4 is 0 Å². The van der Waals surface area contributed by atoms with Gasteiger partial charge in [0.2, 0.25) is 0 Å². The van der Waals surface area contributed by atoms with Crippen molar-refractivity contribution in [1.29, 1.82) is 0 Å². The van der Waals surface area contributed by atoms with Crippen molar-refractivity contribution in [2.75, 3.05) is 0 Å². The Morgan fingerprint density at radius 2 is 2.12 bits per heavy atom. The predicted octanol–water partition coefficient (Wildman–Crippen LogP) is 3.44. The van der Waals surface area contributed by atoms with Crippen LogP contribution in [0.15, 0.2) is 0 Å². The van der Waals surface area contributed by atoms with Crippen LogP contribution in [0.25, 0.3) is 0 Å². The minimum absolute atomic E-state index is 0.773. The van der Waals surface area contributed by atoms with Gasteiger partial charge in [-0.25, -0.2) is 4.98 Å². The maximum Gasteiger partial charge on any atom is 0.109 e. The molecule has 3 aliphatic rings. The number of imidazole rings is 1. The van der Waals surface area contributed by atoms with E-state index in [4.69, 9.17) is 4.98 Å². The lowest BCUT2D eigenvalue weighted by molar-refractivity contribution is 0.407. The Hall–Kier alpha value is -0.790. The summed E-state index contributed by atoms with van der Waals surface area (Å²) in [5.41, 5.74) is 2.85. The Labute approximate surface area is 103 Å². The summed E-state index contributed by atoms with van der Waals surface area (Å²) in [6, 6.07) is 0. The zero-order valence-corrected chi connectivity index (χ0v) is 10.7. The average Bonchev–Trinajstić information content (AvgIpc) is 3.01. The summed E-state index contributed by atoms with van der Waals surface area (Å²) in [4.78, 5) is 8.61. The summed E-state index contributed by atoms with van der Waals surface area (Å²) in [6.07, 6.45) is 9.58. The number of fused-ring (bicyclic) bond motifs is 3. The summed E-state index contributed by atoms with van der Waals surface area (Å²) in [6.45, 7) is 2.36. The Balaban J connectivity index is 1.63. The van der Waals surface area contributed by atoms with E-state index in [1.807, 2.05) is 0 Å². The molecule has 1 aromatic rings. The first-order chi connectivity index (χ1) is 8.29. The number of aromatic amines is 1. The van der Waals surface area contributed by atoms with Gasteiger partial charge in [0.15, 0.2) is 0 Å². The van der Waals surface area contributed by atoms with Crippen LogP contribution in [-0.2, 0) is 12.8 Å². The molecule has 0 amide bonds. The molecule has 1 aromatic heterocycles. The lowest BCUT2D eigenvalue weighted by Gasteiger charge is -2.19. The molecule has 0 saturated heterocycles. The second-order valence-electron chi connectivity index (χ2n) is 6.68. The van der Waals surface area contributed by atoms with Crippen LogP contribution in [-0.4, -0.2) is 9.97 Å². The molecule has 2 heteroatoms. The van der Waals surface area contributed by atoms with Crippen molar-refractivity contribution in [2.45, 2.75) is 57.8 Å². The van der Waals surface area contributed by atoms with E-state index in [9.17, 15) is 0 Å². The van der Waals surface area contributed by atoms with Crippen LogP contribution in [0.1, 0.15) is 62.2 Å². The fourth-order valence-corrected chi connectivity index (χ4v) is 4.43. The second-order valence-corrected chi connectivity index (χ2v) is 6.68. The van der Waals surface area contributed by atoms with Gasteiger partial charge < -0.3 is 4.98 Å². The van der Waals surface area contributed by atoms with E-state index in [1.165, 1.54) is 62.2 Å². The van der Waals surface area contributed by atoms with E-state index in [0.717, 1.165) is 23.7 Å². The molecule has 92 valence electrons. The fraction of sp³-hybridized carbons (Fsp3) is 0.800. The van der Waals surface area contributed by atoms with Gasteiger partial charge in [-0.3, -0.25) is 0 Å². The molecule has 2 nitrogen and oxygen atoms in total. The molecule has 4 unspecified atom stereocenters. The van der Waals surface area contributed by atoms with Crippen molar-refractivity contribution in [3.8, 4) is 0 Å². The highest BCUT2D eigenvalue weighted by Gasteiger charge is 2.41. The molecule has 0 spiro atoms. The minimum atomic E-state index is 0.773. The first-order valence-electron chi connectivity index (χ1n) is 7.37. The SMILES string of the molecule is CC1CCc2nc(C3CC4CCC3C4)[nH]c2C1. The molecule has 2 fully saturated rings. The van der Waals surface area contributed by atoms with E-state index < -0.39 is 0 Å². The van der Waals surface area contributed by atoms with Crippen LogP contribution in [0.3, 0.4) is 0 Å². The van der Waals surface area contributed by atoms with Crippen molar-refractivity contribution >= 4 is 0 Å². The number of nitrogens with zero attached hydrogens (tertiary/aromatic N) is 1. The molecule has 0 aliphatic heterocycles. The number of H-pyrrole nitrogens is 1. The van der Waals surface area contributed by atoms with Crippen LogP contribution >= 0.6 is 0 Å². The number of aromatic nitrogens is 2. The molecule has 4 atom stereocenters. The molecule has 4 rings (SSSR count). The Morgan fingerprint density at radius 3 is 2.88 bits per heavy atom. The third-order valence-corrected chi connectivity index (χ3v) is 5.40. The number of rotatable bonds is 1. The first kappa shape index (κ1) is 10.2. The summed E-state index contributed by atoms with van der Waals surface area (Å²) >= 11 is 0. The van der Waals surface area contributed by atoms with Gasteiger partial charge in [0.25, 0.3) is 0 Å². The van der Waals surface area contributed by atoms with Gasteiger partial charge in [-0.15, -0.1) is 0 Å². The zero-order valence-electron chi connectivity index (χ0n) is 10.7. The summed E-state index contributed by atoms with van der Waals surface area (Å²) in [5.74, 6) is 4.93. The van der Waals surface area contributed by atoms with Crippen molar-refractivity contribution in [3.05, 3.63) is 17.2 Å². The van der Waals surface area contributed by atoms with Gasteiger partial charge in [0.05, 0.1) is 5.69 Å². The van der Waals surface area contributed by atoms with Crippen molar-refractivity contribution in [2.24, 2.45) is 17.8 Å². The van der Waals surface area contributed by atoms with E-state index in [2.05, 4.69) is 11.9 Å². The van der Waals surface area contributed by atoms with Gasteiger partial charge in [-0.2, -0.15) is 0 Å². The number of nitrogens with one attached hydrogen (secondary N) is 1. The molecule has 1 N–H and O–H groups in total. The zero-order chi connectivity index (χ0) is 11.4. The smallest absolute Gasteiger partial charge is 0.109 e. The lowest BCUT2D eigenvalue weighted by atomic mass is 9.88. The van der Waals surface area contributed by atoms with Crippen LogP contribution in [0, 0.1) is 17.8 Å². The standard InChI is InChI=1S/C15H22N2/c1-9-2-5-13-14(6-9)17-15(16-13)12-8-10-3-4-11(12)7-10/h9-12H,2-8H2,1H3,(H,16,17). The lowest BCUT2D eigenvalue weighted by Crippen LogP contribution is -2.10. The normalized spacial score (nSPS) is 39.6. The first-order valence-corrected chi connectivity index (χ1v) is 7.37. The molecule has 2 bridgehead atoms. The Kier molecular flexibility index (Phi) is 2.15. The highest BCUT2D eigenvalue weighted by Crippen LogP contribution is 2.52. The Morgan fingerprint density at radius 1 is 1.18 bits per heavy atom. The van der Waals surface area contributed by atoms with E-state index in [0.29, 0.717) is 0 Å². The monoisotopic (exact) mass is 230 g/mol. The number of aryl methyl sites for hydroxylation is 1. The van der Waals surface area contributed by atoms with E-state index in [1.54, 1.807) is 0 Å². The molecule has 3 aliphatic carbocycles. The molecule has 17 heavy (non-hydrogen) atoms. The number of hydrogen-bond acceptors (Lipinski definition) is 1.